The lowest BCUT2D eigenvalue weighted by Crippen LogP contribution is -2.40. The summed E-state index contributed by atoms with van der Waals surface area (Å²) < 4.78 is 46.1. The Morgan fingerprint density at radius 3 is 2.12 bits per heavy atom. The van der Waals surface area contributed by atoms with Gasteiger partial charge in [-0.15, -0.1) is 0 Å². The average molecular weight is 288 g/mol. The summed E-state index contributed by atoms with van der Waals surface area (Å²) in [5.74, 6) is 0. The van der Waals surface area contributed by atoms with E-state index in [9.17, 15) is 16.8 Å². The molecular formula is C7H16N2O4S3. The van der Waals surface area contributed by atoms with Gasteiger partial charge in [0.1, 0.15) is 0 Å². The second kappa shape index (κ2) is 5.39. The standard InChI is InChI=1S/C7H16N2O4S3/c1-6(4-7(8)14)9(2)16(12,13)5-15(3,10)11/h6H,4-5H2,1-3H3,(H2,8,14). The first-order valence-electron chi connectivity index (χ1n) is 4.37. The van der Waals surface area contributed by atoms with Gasteiger partial charge in [-0.1, -0.05) is 12.2 Å². The summed E-state index contributed by atoms with van der Waals surface area (Å²) in [4.78, 5) is 0.189. The topological polar surface area (TPSA) is 97.5 Å². The van der Waals surface area contributed by atoms with Crippen LogP contribution in [0.5, 0.6) is 0 Å². The van der Waals surface area contributed by atoms with E-state index in [1.54, 1.807) is 6.92 Å². The minimum Gasteiger partial charge on any atom is -0.393 e. The zero-order valence-electron chi connectivity index (χ0n) is 9.37. The number of hydrogen-bond acceptors (Lipinski definition) is 5. The molecule has 0 aromatic rings. The summed E-state index contributed by atoms with van der Waals surface area (Å²) in [5.41, 5.74) is 5.29. The van der Waals surface area contributed by atoms with Gasteiger partial charge < -0.3 is 5.73 Å². The van der Waals surface area contributed by atoms with Crippen LogP contribution in [0.25, 0.3) is 0 Å². The molecule has 0 heterocycles. The molecule has 2 N–H and O–H groups in total. The molecule has 0 aromatic carbocycles. The molecule has 6 nitrogen and oxygen atoms in total. The summed E-state index contributed by atoms with van der Waals surface area (Å²) in [5, 5.41) is -0.905. The van der Waals surface area contributed by atoms with E-state index in [0.717, 1.165) is 10.6 Å². The van der Waals surface area contributed by atoms with Gasteiger partial charge in [0.05, 0.1) is 4.99 Å². The first-order chi connectivity index (χ1) is 6.96. The summed E-state index contributed by atoms with van der Waals surface area (Å²) in [7, 11) is -6.11. The summed E-state index contributed by atoms with van der Waals surface area (Å²) in [6.45, 7) is 1.61. The molecule has 0 saturated carbocycles. The Balaban J connectivity index is 4.84. The van der Waals surface area contributed by atoms with Crippen molar-refractivity contribution in [3.63, 3.8) is 0 Å². The normalized spacial score (nSPS) is 15.0. The van der Waals surface area contributed by atoms with Crippen LogP contribution in [0, 0.1) is 0 Å². The zero-order valence-corrected chi connectivity index (χ0v) is 11.8. The number of nitrogens with two attached hydrogens (primary N) is 1. The van der Waals surface area contributed by atoms with Crippen LogP contribution in [0.1, 0.15) is 13.3 Å². The molecule has 0 saturated heterocycles. The van der Waals surface area contributed by atoms with Crippen LogP contribution in [0.15, 0.2) is 0 Å². The first kappa shape index (κ1) is 15.8. The lowest BCUT2D eigenvalue weighted by Gasteiger charge is -2.23. The Morgan fingerprint density at radius 2 is 1.81 bits per heavy atom. The third-order valence-electron chi connectivity index (χ3n) is 1.92. The number of thiocarbonyl (C=S) groups is 1. The summed E-state index contributed by atoms with van der Waals surface area (Å²) in [6.07, 6.45) is 1.09. The summed E-state index contributed by atoms with van der Waals surface area (Å²) in [6, 6.07) is -0.454. The molecule has 1 unspecified atom stereocenters. The molecular weight excluding hydrogens is 272 g/mol. The molecule has 0 bridgehead atoms. The van der Waals surface area contributed by atoms with E-state index >= 15 is 0 Å². The van der Waals surface area contributed by atoms with Crippen molar-refractivity contribution in [1.82, 2.24) is 4.31 Å². The van der Waals surface area contributed by atoms with Crippen LogP contribution in [-0.4, -0.2) is 50.6 Å². The maximum absolute atomic E-state index is 11.6. The zero-order chi connectivity index (χ0) is 13.1. The van der Waals surface area contributed by atoms with Crippen LogP contribution >= 0.6 is 12.2 Å². The second-order valence-electron chi connectivity index (χ2n) is 3.69. The third kappa shape index (κ3) is 5.73. The van der Waals surface area contributed by atoms with Gasteiger partial charge >= 0.3 is 0 Å². The molecule has 0 fully saturated rings. The third-order valence-corrected chi connectivity index (χ3v) is 6.23. The van der Waals surface area contributed by atoms with Crippen molar-refractivity contribution in [1.29, 1.82) is 0 Å². The maximum Gasteiger partial charge on any atom is 0.228 e. The van der Waals surface area contributed by atoms with Crippen LogP contribution in [0.2, 0.25) is 0 Å². The summed E-state index contributed by atoms with van der Waals surface area (Å²) >= 11 is 4.66. The highest BCUT2D eigenvalue weighted by atomic mass is 32.3. The van der Waals surface area contributed by atoms with Gasteiger partial charge in [-0.3, -0.25) is 0 Å². The number of hydrogen-bond donors (Lipinski definition) is 1. The Hall–Kier alpha value is -0.250. The van der Waals surface area contributed by atoms with E-state index in [4.69, 9.17) is 5.73 Å². The molecule has 0 aliphatic heterocycles. The Bertz CT molecular complexity index is 454. The fourth-order valence-corrected chi connectivity index (χ4v) is 4.74. The Morgan fingerprint density at radius 1 is 1.38 bits per heavy atom. The van der Waals surface area contributed by atoms with E-state index in [1.807, 2.05) is 0 Å². The molecule has 0 aliphatic rings. The predicted octanol–water partition coefficient (Wildman–Crippen LogP) is -0.685. The molecule has 9 heteroatoms. The highest BCUT2D eigenvalue weighted by Gasteiger charge is 2.27. The van der Waals surface area contributed by atoms with E-state index in [2.05, 4.69) is 12.2 Å². The smallest absolute Gasteiger partial charge is 0.228 e. The van der Waals surface area contributed by atoms with Crippen LogP contribution in [0.3, 0.4) is 0 Å². The molecule has 0 amide bonds. The fraction of sp³-hybridized carbons (Fsp3) is 0.857. The molecule has 0 rings (SSSR count). The van der Waals surface area contributed by atoms with Gasteiger partial charge in [0, 0.05) is 25.8 Å². The van der Waals surface area contributed by atoms with E-state index in [-0.39, 0.29) is 11.4 Å². The van der Waals surface area contributed by atoms with Crippen molar-refractivity contribution in [2.45, 2.75) is 19.4 Å². The van der Waals surface area contributed by atoms with Crippen LogP contribution < -0.4 is 5.73 Å². The molecule has 96 valence electrons. The lowest BCUT2D eigenvalue weighted by molar-refractivity contribution is 0.399. The molecule has 0 radical (unpaired) electrons. The monoisotopic (exact) mass is 288 g/mol. The SMILES string of the molecule is CC(CC(N)=S)N(C)S(=O)(=O)CS(C)(=O)=O. The number of sulfone groups is 1. The predicted molar refractivity (Wildman–Crippen MR) is 67.3 cm³/mol. The van der Waals surface area contributed by atoms with Crippen molar-refractivity contribution >= 4 is 37.1 Å². The molecule has 0 aliphatic carbocycles. The average Bonchev–Trinajstić information content (AvgIpc) is 1.96. The van der Waals surface area contributed by atoms with Gasteiger partial charge in [0.2, 0.25) is 10.0 Å². The quantitative estimate of drug-likeness (QED) is 0.650. The van der Waals surface area contributed by atoms with Gasteiger partial charge in [0.25, 0.3) is 0 Å². The second-order valence-corrected chi connectivity index (χ2v) is 8.75. The highest BCUT2D eigenvalue weighted by molar-refractivity contribution is 8.06. The lowest BCUT2D eigenvalue weighted by atomic mass is 10.2. The number of rotatable bonds is 6. The molecule has 1 atom stereocenters. The Labute approximate surface area is 102 Å². The van der Waals surface area contributed by atoms with Crippen molar-refractivity contribution < 1.29 is 16.8 Å². The van der Waals surface area contributed by atoms with Crippen molar-refractivity contribution in [3.05, 3.63) is 0 Å². The van der Waals surface area contributed by atoms with E-state index < -0.39 is 31.0 Å². The largest absolute Gasteiger partial charge is 0.393 e. The molecule has 0 spiro atoms. The molecule has 16 heavy (non-hydrogen) atoms. The van der Waals surface area contributed by atoms with Gasteiger partial charge in [-0.2, -0.15) is 0 Å². The van der Waals surface area contributed by atoms with Crippen LogP contribution in [-0.2, 0) is 19.9 Å². The maximum atomic E-state index is 11.6. The highest BCUT2D eigenvalue weighted by Crippen LogP contribution is 2.09. The van der Waals surface area contributed by atoms with Crippen molar-refractivity contribution in [2.24, 2.45) is 5.73 Å². The van der Waals surface area contributed by atoms with Crippen molar-refractivity contribution in [2.75, 3.05) is 18.4 Å². The van der Waals surface area contributed by atoms with Crippen LogP contribution in [0.4, 0.5) is 0 Å². The van der Waals surface area contributed by atoms with E-state index in [0.29, 0.717) is 0 Å². The minimum absolute atomic E-state index is 0.189. The van der Waals surface area contributed by atoms with Crippen molar-refractivity contribution in [3.8, 4) is 0 Å². The Kier molecular flexibility index (Phi) is 5.30. The minimum atomic E-state index is -3.83. The van der Waals surface area contributed by atoms with E-state index in [1.165, 1.54) is 7.05 Å². The number of nitrogens with zero attached hydrogens (tertiary/aromatic N) is 1. The van der Waals surface area contributed by atoms with Gasteiger partial charge in [0.15, 0.2) is 14.9 Å². The fourth-order valence-electron chi connectivity index (χ4n) is 1.05. The van der Waals surface area contributed by atoms with Gasteiger partial charge in [-0.25, -0.2) is 21.1 Å². The van der Waals surface area contributed by atoms with Gasteiger partial charge in [-0.05, 0) is 6.92 Å². The number of sulfonamides is 1. The molecule has 0 aromatic heterocycles. The first-order valence-corrected chi connectivity index (χ1v) is 8.45.